The Kier molecular flexibility index (Phi) is 3.46. The molecule has 2 rings (SSSR count). The molecule has 4 heteroatoms. The Morgan fingerprint density at radius 2 is 1.89 bits per heavy atom. The Bertz CT molecular complexity index is 502. The van der Waals surface area contributed by atoms with E-state index < -0.39 is 5.97 Å². The number of rotatable bonds is 2. The van der Waals surface area contributed by atoms with Crippen LogP contribution in [0.25, 0.3) is 0 Å². The monoisotopic (exact) mass is 245 g/mol. The van der Waals surface area contributed by atoms with Crippen molar-refractivity contribution in [2.24, 2.45) is 0 Å². The first-order chi connectivity index (χ1) is 8.58. The Balaban J connectivity index is 2.13. The second kappa shape index (κ2) is 5.04. The SMILES string of the molecule is Cc1ccc(C(=O)N2CCC=C(C(=O)O)C2)cc1. The maximum absolute atomic E-state index is 12.2. The number of carboxylic acid groups (broad SMARTS) is 1. The van der Waals surface area contributed by atoms with Gasteiger partial charge in [-0.05, 0) is 25.5 Å². The van der Waals surface area contributed by atoms with E-state index in [4.69, 9.17) is 5.11 Å². The van der Waals surface area contributed by atoms with Crippen LogP contribution in [0.4, 0.5) is 0 Å². The molecule has 4 nitrogen and oxygen atoms in total. The van der Waals surface area contributed by atoms with Gasteiger partial charge in [-0.25, -0.2) is 4.79 Å². The number of carbonyl (C=O) groups excluding carboxylic acids is 1. The number of amides is 1. The smallest absolute Gasteiger partial charge is 0.333 e. The number of carbonyl (C=O) groups is 2. The highest BCUT2D eigenvalue weighted by molar-refractivity contribution is 5.96. The van der Waals surface area contributed by atoms with E-state index in [1.54, 1.807) is 23.1 Å². The summed E-state index contributed by atoms with van der Waals surface area (Å²) in [6.45, 7) is 2.71. The van der Waals surface area contributed by atoms with Crippen molar-refractivity contribution in [3.05, 3.63) is 47.0 Å². The molecule has 1 aromatic carbocycles. The van der Waals surface area contributed by atoms with Crippen LogP contribution in [0.3, 0.4) is 0 Å². The molecule has 0 unspecified atom stereocenters. The lowest BCUT2D eigenvalue weighted by Crippen LogP contribution is -2.37. The molecule has 1 N–H and O–H groups in total. The lowest BCUT2D eigenvalue weighted by atomic mass is 10.1. The maximum atomic E-state index is 12.2. The van der Waals surface area contributed by atoms with Gasteiger partial charge >= 0.3 is 5.97 Å². The van der Waals surface area contributed by atoms with Crippen LogP contribution in [0.1, 0.15) is 22.3 Å². The number of aliphatic carboxylic acids is 1. The summed E-state index contributed by atoms with van der Waals surface area (Å²) in [5.74, 6) is -1.06. The van der Waals surface area contributed by atoms with Crippen LogP contribution in [-0.2, 0) is 4.79 Å². The Hall–Kier alpha value is -2.10. The third-order valence-electron chi connectivity index (χ3n) is 3.01. The molecular weight excluding hydrogens is 230 g/mol. The van der Waals surface area contributed by atoms with Crippen LogP contribution in [0.2, 0.25) is 0 Å². The molecule has 1 aromatic rings. The van der Waals surface area contributed by atoms with Gasteiger partial charge in [-0.1, -0.05) is 23.8 Å². The van der Waals surface area contributed by atoms with E-state index in [0.29, 0.717) is 24.1 Å². The summed E-state index contributed by atoms with van der Waals surface area (Å²) < 4.78 is 0. The summed E-state index contributed by atoms with van der Waals surface area (Å²) in [5.41, 5.74) is 1.99. The highest BCUT2D eigenvalue weighted by Crippen LogP contribution is 2.14. The van der Waals surface area contributed by atoms with Gasteiger partial charge in [-0.15, -0.1) is 0 Å². The number of nitrogens with zero attached hydrogens (tertiary/aromatic N) is 1. The van der Waals surface area contributed by atoms with Crippen LogP contribution in [-0.4, -0.2) is 35.0 Å². The van der Waals surface area contributed by atoms with Gasteiger partial charge in [0.2, 0.25) is 0 Å². The molecule has 0 spiro atoms. The van der Waals surface area contributed by atoms with Crippen molar-refractivity contribution in [1.29, 1.82) is 0 Å². The van der Waals surface area contributed by atoms with Crippen molar-refractivity contribution in [3.63, 3.8) is 0 Å². The summed E-state index contributed by atoms with van der Waals surface area (Å²) in [6, 6.07) is 7.31. The van der Waals surface area contributed by atoms with Gasteiger partial charge in [0.15, 0.2) is 0 Å². The van der Waals surface area contributed by atoms with Gasteiger partial charge < -0.3 is 10.0 Å². The average Bonchev–Trinajstić information content (AvgIpc) is 2.39. The molecule has 18 heavy (non-hydrogen) atoms. The summed E-state index contributed by atoms with van der Waals surface area (Å²) in [4.78, 5) is 24.7. The van der Waals surface area contributed by atoms with Gasteiger partial charge in [-0.2, -0.15) is 0 Å². The van der Waals surface area contributed by atoms with Gasteiger partial charge in [-0.3, -0.25) is 4.79 Å². The first-order valence-electron chi connectivity index (χ1n) is 5.86. The number of hydrogen-bond acceptors (Lipinski definition) is 2. The first kappa shape index (κ1) is 12.4. The van der Waals surface area contributed by atoms with Crippen molar-refractivity contribution < 1.29 is 14.7 Å². The van der Waals surface area contributed by atoms with Crippen LogP contribution in [0.15, 0.2) is 35.9 Å². The van der Waals surface area contributed by atoms with Crippen molar-refractivity contribution >= 4 is 11.9 Å². The predicted molar refractivity (Wildman–Crippen MR) is 67.4 cm³/mol. The van der Waals surface area contributed by atoms with Crippen molar-refractivity contribution in [1.82, 2.24) is 4.90 Å². The zero-order valence-electron chi connectivity index (χ0n) is 10.2. The zero-order chi connectivity index (χ0) is 13.1. The third kappa shape index (κ3) is 2.59. The van der Waals surface area contributed by atoms with Gasteiger partial charge in [0.1, 0.15) is 0 Å². The van der Waals surface area contributed by atoms with E-state index in [9.17, 15) is 9.59 Å². The standard InChI is InChI=1S/C14H15NO3/c1-10-4-6-11(7-5-10)13(16)15-8-2-3-12(9-15)14(17)18/h3-7H,2,8-9H2,1H3,(H,17,18). The van der Waals surface area contributed by atoms with Crippen molar-refractivity contribution in [2.45, 2.75) is 13.3 Å². The highest BCUT2D eigenvalue weighted by Gasteiger charge is 2.22. The number of aryl methyl sites for hydroxylation is 1. The second-order valence-corrected chi connectivity index (χ2v) is 4.42. The molecule has 0 fully saturated rings. The Morgan fingerprint density at radius 1 is 1.22 bits per heavy atom. The normalized spacial score (nSPS) is 15.2. The molecule has 0 bridgehead atoms. The molecule has 0 atom stereocenters. The number of hydrogen-bond donors (Lipinski definition) is 1. The van der Waals surface area contributed by atoms with Crippen molar-refractivity contribution in [3.8, 4) is 0 Å². The summed E-state index contributed by atoms with van der Waals surface area (Å²) >= 11 is 0. The summed E-state index contributed by atoms with van der Waals surface area (Å²) in [5, 5.41) is 8.94. The topological polar surface area (TPSA) is 57.6 Å². The molecule has 1 aliphatic rings. The van der Waals surface area contributed by atoms with E-state index in [0.717, 1.165) is 5.56 Å². The number of benzene rings is 1. The van der Waals surface area contributed by atoms with E-state index >= 15 is 0 Å². The van der Waals surface area contributed by atoms with E-state index in [2.05, 4.69) is 0 Å². The largest absolute Gasteiger partial charge is 0.478 e. The number of carboxylic acids is 1. The van der Waals surface area contributed by atoms with E-state index in [-0.39, 0.29) is 12.5 Å². The molecule has 1 amide bonds. The second-order valence-electron chi connectivity index (χ2n) is 4.42. The zero-order valence-corrected chi connectivity index (χ0v) is 10.2. The first-order valence-corrected chi connectivity index (χ1v) is 5.86. The summed E-state index contributed by atoms with van der Waals surface area (Å²) in [6.07, 6.45) is 2.28. The van der Waals surface area contributed by atoms with E-state index in [1.165, 1.54) is 0 Å². The van der Waals surface area contributed by atoms with Crippen LogP contribution in [0, 0.1) is 6.92 Å². The minimum absolute atomic E-state index is 0.109. The fourth-order valence-electron chi connectivity index (χ4n) is 1.95. The van der Waals surface area contributed by atoms with Gasteiger partial charge in [0.05, 0.1) is 12.1 Å². The van der Waals surface area contributed by atoms with Gasteiger partial charge in [0.25, 0.3) is 5.91 Å². The molecule has 0 saturated heterocycles. The molecule has 1 aliphatic heterocycles. The highest BCUT2D eigenvalue weighted by atomic mass is 16.4. The van der Waals surface area contributed by atoms with E-state index in [1.807, 2.05) is 19.1 Å². The minimum Gasteiger partial charge on any atom is -0.478 e. The lowest BCUT2D eigenvalue weighted by molar-refractivity contribution is -0.132. The quantitative estimate of drug-likeness (QED) is 0.865. The molecule has 0 aromatic heterocycles. The van der Waals surface area contributed by atoms with Crippen LogP contribution < -0.4 is 0 Å². The minimum atomic E-state index is -0.948. The Morgan fingerprint density at radius 3 is 2.50 bits per heavy atom. The molecule has 0 aliphatic carbocycles. The average molecular weight is 245 g/mol. The summed E-state index contributed by atoms with van der Waals surface area (Å²) in [7, 11) is 0. The van der Waals surface area contributed by atoms with Crippen LogP contribution in [0.5, 0.6) is 0 Å². The Labute approximate surface area is 106 Å². The predicted octanol–water partition coefficient (Wildman–Crippen LogP) is 1.85. The fraction of sp³-hybridized carbons (Fsp3) is 0.286. The molecule has 0 radical (unpaired) electrons. The third-order valence-corrected chi connectivity index (χ3v) is 3.01. The molecule has 1 heterocycles. The lowest BCUT2D eigenvalue weighted by Gasteiger charge is -2.26. The molecular formula is C14H15NO3. The molecule has 94 valence electrons. The van der Waals surface area contributed by atoms with Crippen molar-refractivity contribution in [2.75, 3.05) is 13.1 Å². The fourth-order valence-corrected chi connectivity index (χ4v) is 1.95. The van der Waals surface area contributed by atoms with Crippen LogP contribution >= 0.6 is 0 Å². The molecule has 0 saturated carbocycles. The maximum Gasteiger partial charge on any atom is 0.333 e. The van der Waals surface area contributed by atoms with Gasteiger partial charge in [0, 0.05) is 12.1 Å².